The summed E-state index contributed by atoms with van der Waals surface area (Å²) in [5.74, 6) is 0.563. The Morgan fingerprint density at radius 3 is 2.03 bits per heavy atom. The molecule has 0 aliphatic carbocycles. The largest absolute Gasteiger partial charge is 0.352 e. The fraction of sp³-hybridized carbons (Fsp3) is 0.417. The second-order valence-corrected chi connectivity index (χ2v) is 8.93. The highest BCUT2D eigenvalue weighted by molar-refractivity contribution is 7.99. The molecule has 0 heterocycles. The molecular formula is C24H32N2O2S. The van der Waals surface area contributed by atoms with Crippen molar-refractivity contribution < 1.29 is 9.59 Å². The molecule has 0 saturated heterocycles. The van der Waals surface area contributed by atoms with Gasteiger partial charge in [0.05, 0.1) is 0 Å². The van der Waals surface area contributed by atoms with Gasteiger partial charge in [0.2, 0.25) is 11.8 Å². The number of carbonyl (C=O) groups excluding carboxylic acids is 2. The molecule has 5 heteroatoms. The van der Waals surface area contributed by atoms with E-state index < -0.39 is 6.04 Å². The number of nitrogens with zero attached hydrogens (tertiary/aromatic N) is 1. The van der Waals surface area contributed by atoms with Gasteiger partial charge in [0.15, 0.2) is 0 Å². The van der Waals surface area contributed by atoms with Crippen LogP contribution in [-0.2, 0) is 16.1 Å². The quantitative estimate of drug-likeness (QED) is 0.606. The van der Waals surface area contributed by atoms with Crippen molar-refractivity contribution in [2.24, 2.45) is 0 Å². The topological polar surface area (TPSA) is 49.4 Å². The molecule has 0 bridgehead atoms. The normalized spacial score (nSPS) is 11.9. The van der Waals surface area contributed by atoms with Crippen LogP contribution < -0.4 is 5.32 Å². The standard InChI is InChI=1S/C24H32N2O2S/c1-17(2)25-24(28)20(5)26(16-21-10-6-18(3)7-11-21)23(27)14-15-29-22-12-8-19(4)9-13-22/h6-13,17,20H,14-16H2,1-5H3,(H,25,28)/t20-/m1/s1. The molecular weight excluding hydrogens is 380 g/mol. The van der Waals surface area contributed by atoms with Crippen LogP contribution in [0.4, 0.5) is 0 Å². The number of rotatable bonds is 9. The Morgan fingerprint density at radius 2 is 1.48 bits per heavy atom. The van der Waals surface area contributed by atoms with Gasteiger partial charge in [-0.3, -0.25) is 9.59 Å². The molecule has 29 heavy (non-hydrogen) atoms. The molecule has 0 fully saturated rings. The van der Waals surface area contributed by atoms with Crippen molar-refractivity contribution in [2.75, 3.05) is 5.75 Å². The van der Waals surface area contributed by atoms with Crippen LogP contribution in [0.25, 0.3) is 0 Å². The molecule has 0 radical (unpaired) electrons. The van der Waals surface area contributed by atoms with E-state index in [9.17, 15) is 9.59 Å². The van der Waals surface area contributed by atoms with Crippen LogP contribution in [0.1, 0.15) is 43.9 Å². The van der Waals surface area contributed by atoms with Crippen molar-refractivity contribution >= 4 is 23.6 Å². The number of thioether (sulfide) groups is 1. The third-order valence-electron chi connectivity index (χ3n) is 4.68. The van der Waals surface area contributed by atoms with Crippen molar-refractivity contribution in [3.63, 3.8) is 0 Å². The van der Waals surface area contributed by atoms with Crippen LogP contribution >= 0.6 is 11.8 Å². The minimum Gasteiger partial charge on any atom is -0.352 e. The number of aryl methyl sites for hydroxylation is 2. The first-order valence-corrected chi connectivity index (χ1v) is 11.1. The predicted octanol–water partition coefficient (Wildman–Crippen LogP) is 4.73. The molecule has 1 atom stereocenters. The van der Waals surface area contributed by atoms with E-state index in [-0.39, 0.29) is 17.9 Å². The highest BCUT2D eigenvalue weighted by Crippen LogP contribution is 2.20. The lowest BCUT2D eigenvalue weighted by Crippen LogP contribution is -2.49. The molecule has 2 aromatic rings. The van der Waals surface area contributed by atoms with Crippen molar-refractivity contribution in [3.8, 4) is 0 Å². The van der Waals surface area contributed by atoms with Crippen LogP contribution in [0.15, 0.2) is 53.4 Å². The van der Waals surface area contributed by atoms with Crippen LogP contribution in [0.3, 0.4) is 0 Å². The second-order valence-electron chi connectivity index (χ2n) is 7.76. The lowest BCUT2D eigenvalue weighted by atomic mass is 10.1. The molecule has 1 N–H and O–H groups in total. The number of carbonyl (C=O) groups is 2. The van der Waals surface area contributed by atoms with E-state index in [4.69, 9.17) is 0 Å². The van der Waals surface area contributed by atoms with E-state index in [2.05, 4.69) is 36.5 Å². The Morgan fingerprint density at radius 1 is 0.931 bits per heavy atom. The van der Waals surface area contributed by atoms with E-state index in [1.807, 2.05) is 45.0 Å². The summed E-state index contributed by atoms with van der Waals surface area (Å²) in [7, 11) is 0. The second kappa shape index (κ2) is 11.1. The van der Waals surface area contributed by atoms with E-state index in [0.29, 0.717) is 18.7 Å². The van der Waals surface area contributed by atoms with Crippen LogP contribution in [-0.4, -0.2) is 34.6 Å². The van der Waals surface area contributed by atoms with Gasteiger partial charge >= 0.3 is 0 Å². The Bertz CT molecular complexity index is 801. The lowest BCUT2D eigenvalue weighted by Gasteiger charge is -2.29. The first kappa shape index (κ1) is 23.0. The predicted molar refractivity (Wildman–Crippen MR) is 121 cm³/mol. The van der Waals surface area contributed by atoms with E-state index in [1.165, 1.54) is 11.1 Å². The Labute approximate surface area is 179 Å². The number of hydrogen-bond acceptors (Lipinski definition) is 3. The zero-order valence-electron chi connectivity index (χ0n) is 18.1. The van der Waals surface area contributed by atoms with Crippen LogP contribution in [0.2, 0.25) is 0 Å². The van der Waals surface area contributed by atoms with Crippen molar-refractivity contribution in [3.05, 3.63) is 65.2 Å². The first-order chi connectivity index (χ1) is 13.8. The summed E-state index contributed by atoms with van der Waals surface area (Å²) in [6, 6.07) is 15.9. The summed E-state index contributed by atoms with van der Waals surface area (Å²) < 4.78 is 0. The third kappa shape index (κ3) is 7.58. The maximum atomic E-state index is 13.0. The number of nitrogens with one attached hydrogen (secondary N) is 1. The number of amides is 2. The van der Waals surface area contributed by atoms with E-state index >= 15 is 0 Å². The maximum absolute atomic E-state index is 13.0. The summed E-state index contributed by atoms with van der Waals surface area (Å²) in [5, 5.41) is 2.92. The van der Waals surface area contributed by atoms with Crippen molar-refractivity contribution in [2.45, 2.75) is 64.6 Å². The molecule has 2 rings (SSSR count). The summed E-state index contributed by atoms with van der Waals surface area (Å²) in [6.45, 7) is 10.2. The summed E-state index contributed by atoms with van der Waals surface area (Å²) >= 11 is 1.67. The average Bonchev–Trinajstić information content (AvgIpc) is 2.68. The number of hydrogen-bond donors (Lipinski definition) is 1. The molecule has 0 spiro atoms. The molecule has 2 aromatic carbocycles. The minimum atomic E-state index is -0.518. The van der Waals surface area contributed by atoms with E-state index in [1.54, 1.807) is 23.6 Å². The van der Waals surface area contributed by atoms with Gasteiger partial charge in [-0.25, -0.2) is 0 Å². The van der Waals surface area contributed by atoms with Gasteiger partial charge in [-0.1, -0.05) is 47.5 Å². The zero-order chi connectivity index (χ0) is 21.4. The number of benzene rings is 2. The van der Waals surface area contributed by atoms with Crippen LogP contribution in [0, 0.1) is 13.8 Å². The van der Waals surface area contributed by atoms with Crippen molar-refractivity contribution in [1.82, 2.24) is 10.2 Å². The molecule has 0 unspecified atom stereocenters. The first-order valence-electron chi connectivity index (χ1n) is 10.1. The fourth-order valence-electron chi connectivity index (χ4n) is 2.91. The molecule has 156 valence electrons. The van der Waals surface area contributed by atoms with Gasteiger partial charge in [0.1, 0.15) is 6.04 Å². The molecule has 2 amide bonds. The monoisotopic (exact) mass is 412 g/mol. The maximum Gasteiger partial charge on any atom is 0.242 e. The summed E-state index contributed by atoms with van der Waals surface area (Å²) in [5.41, 5.74) is 3.42. The van der Waals surface area contributed by atoms with Gasteiger partial charge in [-0.05, 0) is 52.3 Å². The van der Waals surface area contributed by atoms with Gasteiger partial charge in [0.25, 0.3) is 0 Å². The summed E-state index contributed by atoms with van der Waals surface area (Å²) in [6.07, 6.45) is 0.393. The Kier molecular flexibility index (Phi) is 8.77. The van der Waals surface area contributed by atoms with Gasteiger partial charge in [-0.15, -0.1) is 11.8 Å². The smallest absolute Gasteiger partial charge is 0.242 e. The van der Waals surface area contributed by atoms with Gasteiger partial charge < -0.3 is 10.2 Å². The third-order valence-corrected chi connectivity index (χ3v) is 5.69. The molecule has 0 saturated carbocycles. The SMILES string of the molecule is Cc1ccc(CN(C(=O)CCSc2ccc(C)cc2)[C@H](C)C(=O)NC(C)C)cc1. The minimum absolute atomic E-state index is 0.00315. The lowest BCUT2D eigenvalue weighted by molar-refractivity contribution is -0.140. The Hall–Kier alpha value is -2.27. The molecule has 4 nitrogen and oxygen atoms in total. The summed E-state index contributed by atoms with van der Waals surface area (Å²) in [4.78, 5) is 28.4. The van der Waals surface area contributed by atoms with Crippen LogP contribution in [0.5, 0.6) is 0 Å². The van der Waals surface area contributed by atoms with E-state index in [0.717, 1.165) is 10.5 Å². The average molecular weight is 413 g/mol. The zero-order valence-corrected chi connectivity index (χ0v) is 18.9. The molecule has 0 aliphatic rings. The van der Waals surface area contributed by atoms with Gasteiger partial charge in [0, 0.05) is 29.7 Å². The fourth-order valence-corrected chi connectivity index (χ4v) is 3.75. The Balaban J connectivity index is 2.05. The van der Waals surface area contributed by atoms with Crippen molar-refractivity contribution in [1.29, 1.82) is 0 Å². The molecule has 0 aromatic heterocycles. The highest BCUT2D eigenvalue weighted by Gasteiger charge is 2.26. The molecule has 0 aliphatic heterocycles. The highest BCUT2D eigenvalue weighted by atomic mass is 32.2. The van der Waals surface area contributed by atoms with Gasteiger partial charge in [-0.2, -0.15) is 0 Å².